The first-order chi connectivity index (χ1) is 6.27. The van der Waals surface area contributed by atoms with Gasteiger partial charge < -0.3 is 10.4 Å². The molecule has 0 amide bonds. The highest BCUT2D eigenvalue weighted by molar-refractivity contribution is 7.98. The summed E-state index contributed by atoms with van der Waals surface area (Å²) in [5.74, 6) is 1.27. The van der Waals surface area contributed by atoms with Crippen LogP contribution in [0.5, 0.6) is 0 Å². The largest absolute Gasteiger partial charge is 0.393 e. The molecule has 0 aliphatic rings. The maximum absolute atomic E-state index is 8.99. The maximum Gasteiger partial charge on any atom is 0.0512 e. The molecule has 0 saturated carbocycles. The minimum absolute atomic E-state index is 0.140. The molecule has 0 fully saturated rings. The third kappa shape index (κ3) is 12.3. The zero-order valence-corrected chi connectivity index (χ0v) is 9.70. The summed E-state index contributed by atoms with van der Waals surface area (Å²) in [6.07, 6.45) is 6.59. The Morgan fingerprint density at radius 1 is 1.23 bits per heavy atom. The molecule has 0 rings (SSSR count). The fraction of sp³-hybridized carbons (Fsp3) is 1.00. The summed E-state index contributed by atoms with van der Waals surface area (Å²) in [5, 5.41) is 12.4. The summed E-state index contributed by atoms with van der Waals surface area (Å²) in [7, 11) is 0. The molecule has 13 heavy (non-hydrogen) atoms. The summed E-state index contributed by atoms with van der Waals surface area (Å²) in [5.41, 5.74) is 0. The molecule has 1 unspecified atom stereocenters. The molecule has 3 heteroatoms. The number of hydrogen-bond donors (Lipinski definition) is 2. The van der Waals surface area contributed by atoms with E-state index in [1.807, 2.05) is 18.7 Å². The van der Waals surface area contributed by atoms with Gasteiger partial charge >= 0.3 is 0 Å². The van der Waals surface area contributed by atoms with Gasteiger partial charge in [-0.15, -0.1) is 0 Å². The maximum atomic E-state index is 8.99. The van der Waals surface area contributed by atoms with Crippen molar-refractivity contribution in [1.82, 2.24) is 5.32 Å². The first-order valence-electron chi connectivity index (χ1n) is 5.15. The average molecular weight is 205 g/mol. The number of nitrogens with one attached hydrogen (secondary N) is 1. The van der Waals surface area contributed by atoms with Gasteiger partial charge in [0.05, 0.1) is 6.10 Å². The summed E-state index contributed by atoms with van der Waals surface area (Å²) in [4.78, 5) is 0. The molecule has 1 atom stereocenters. The SMILES string of the molecule is CSCCCCNCCCC(C)O. The minimum Gasteiger partial charge on any atom is -0.393 e. The van der Waals surface area contributed by atoms with E-state index in [0.717, 1.165) is 25.9 Å². The van der Waals surface area contributed by atoms with Gasteiger partial charge in [-0.25, -0.2) is 0 Å². The van der Waals surface area contributed by atoms with Crippen LogP contribution in [0.3, 0.4) is 0 Å². The van der Waals surface area contributed by atoms with Gasteiger partial charge in [0.2, 0.25) is 0 Å². The van der Waals surface area contributed by atoms with Crippen molar-refractivity contribution in [2.45, 2.75) is 38.7 Å². The average Bonchev–Trinajstić information content (AvgIpc) is 2.09. The molecule has 0 heterocycles. The second-order valence-corrected chi connectivity index (χ2v) is 4.43. The lowest BCUT2D eigenvalue weighted by Gasteiger charge is -2.05. The Labute approximate surface area is 86.5 Å². The molecule has 0 aromatic carbocycles. The van der Waals surface area contributed by atoms with Gasteiger partial charge in [-0.2, -0.15) is 11.8 Å². The number of unbranched alkanes of at least 4 members (excludes halogenated alkanes) is 1. The van der Waals surface area contributed by atoms with E-state index >= 15 is 0 Å². The van der Waals surface area contributed by atoms with Gasteiger partial charge in [-0.1, -0.05) is 0 Å². The molecule has 2 nitrogen and oxygen atoms in total. The Hall–Kier alpha value is 0.270. The lowest BCUT2D eigenvalue weighted by Crippen LogP contribution is -2.18. The van der Waals surface area contributed by atoms with Crippen molar-refractivity contribution in [3.05, 3.63) is 0 Å². The molecule has 2 N–H and O–H groups in total. The van der Waals surface area contributed by atoms with Crippen LogP contribution in [-0.4, -0.2) is 36.3 Å². The lowest BCUT2D eigenvalue weighted by atomic mass is 10.2. The van der Waals surface area contributed by atoms with Gasteiger partial charge in [-0.05, 0) is 57.7 Å². The predicted molar refractivity (Wildman–Crippen MR) is 61.4 cm³/mol. The van der Waals surface area contributed by atoms with E-state index in [0.29, 0.717) is 0 Å². The molecule has 0 aliphatic heterocycles. The Kier molecular flexibility index (Phi) is 10.6. The van der Waals surface area contributed by atoms with E-state index < -0.39 is 0 Å². The van der Waals surface area contributed by atoms with Crippen LogP contribution in [-0.2, 0) is 0 Å². The fourth-order valence-corrected chi connectivity index (χ4v) is 1.64. The number of aliphatic hydroxyl groups is 1. The molecule has 0 aromatic heterocycles. The van der Waals surface area contributed by atoms with Gasteiger partial charge in [0.15, 0.2) is 0 Å². The smallest absolute Gasteiger partial charge is 0.0512 e. The second-order valence-electron chi connectivity index (χ2n) is 3.44. The van der Waals surface area contributed by atoms with Gasteiger partial charge in [0.1, 0.15) is 0 Å². The zero-order valence-electron chi connectivity index (χ0n) is 8.88. The van der Waals surface area contributed by atoms with Crippen LogP contribution in [0.25, 0.3) is 0 Å². The van der Waals surface area contributed by atoms with Gasteiger partial charge in [-0.3, -0.25) is 0 Å². The Morgan fingerprint density at radius 2 is 1.92 bits per heavy atom. The van der Waals surface area contributed by atoms with Gasteiger partial charge in [0, 0.05) is 0 Å². The predicted octanol–water partition coefficient (Wildman–Crippen LogP) is 1.88. The van der Waals surface area contributed by atoms with Crippen molar-refractivity contribution in [1.29, 1.82) is 0 Å². The van der Waals surface area contributed by atoms with Crippen molar-refractivity contribution in [3.8, 4) is 0 Å². The Balaban J connectivity index is 2.84. The van der Waals surface area contributed by atoms with Crippen molar-refractivity contribution in [2.24, 2.45) is 0 Å². The number of thioether (sulfide) groups is 1. The van der Waals surface area contributed by atoms with E-state index in [1.54, 1.807) is 0 Å². The van der Waals surface area contributed by atoms with Crippen molar-refractivity contribution >= 4 is 11.8 Å². The molecule has 0 radical (unpaired) electrons. The van der Waals surface area contributed by atoms with Crippen LogP contribution < -0.4 is 5.32 Å². The van der Waals surface area contributed by atoms with E-state index in [9.17, 15) is 0 Å². The molecular weight excluding hydrogens is 182 g/mol. The highest BCUT2D eigenvalue weighted by Crippen LogP contribution is 1.98. The highest BCUT2D eigenvalue weighted by atomic mass is 32.2. The van der Waals surface area contributed by atoms with Crippen molar-refractivity contribution in [2.75, 3.05) is 25.1 Å². The monoisotopic (exact) mass is 205 g/mol. The normalized spacial score (nSPS) is 13.2. The quantitative estimate of drug-likeness (QED) is 0.564. The first-order valence-corrected chi connectivity index (χ1v) is 6.54. The lowest BCUT2D eigenvalue weighted by molar-refractivity contribution is 0.181. The second kappa shape index (κ2) is 10.4. The van der Waals surface area contributed by atoms with E-state index in [4.69, 9.17) is 5.11 Å². The molecular formula is C10H23NOS. The van der Waals surface area contributed by atoms with E-state index in [2.05, 4.69) is 11.6 Å². The molecule has 0 spiro atoms. The third-order valence-corrected chi connectivity index (χ3v) is 2.62. The summed E-state index contributed by atoms with van der Waals surface area (Å²) >= 11 is 1.91. The van der Waals surface area contributed by atoms with Crippen molar-refractivity contribution < 1.29 is 5.11 Å². The summed E-state index contributed by atoms with van der Waals surface area (Å²) in [6.45, 7) is 4.02. The molecule has 0 aromatic rings. The number of aliphatic hydroxyl groups excluding tert-OH is 1. The molecule has 0 saturated heterocycles. The van der Waals surface area contributed by atoms with Crippen LogP contribution >= 0.6 is 11.8 Å². The van der Waals surface area contributed by atoms with Crippen molar-refractivity contribution in [3.63, 3.8) is 0 Å². The van der Waals surface area contributed by atoms with Crippen LogP contribution in [0, 0.1) is 0 Å². The first kappa shape index (κ1) is 13.3. The number of rotatable bonds is 9. The minimum atomic E-state index is -0.140. The summed E-state index contributed by atoms with van der Waals surface area (Å²) in [6, 6.07) is 0. The third-order valence-electron chi connectivity index (χ3n) is 1.93. The van der Waals surface area contributed by atoms with Crippen LogP contribution in [0.2, 0.25) is 0 Å². The number of hydrogen-bond acceptors (Lipinski definition) is 3. The summed E-state index contributed by atoms with van der Waals surface area (Å²) < 4.78 is 0. The fourth-order valence-electron chi connectivity index (χ4n) is 1.14. The highest BCUT2D eigenvalue weighted by Gasteiger charge is 1.94. The van der Waals surface area contributed by atoms with E-state index in [-0.39, 0.29) is 6.10 Å². The van der Waals surface area contributed by atoms with Crippen LogP contribution in [0.15, 0.2) is 0 Å². The Bertz CT molecular complexity index is 98.9. The topological polar surface area (TPSA) is 32.3 Å². The molecule has 80 valence electrons. The zero-order chi connectivity index (χ0) is 9.94. The standard InChI is InChI=1S/C10H23NOS/c1-10(12)6-5-8-11-7-3-4-9-13-2/h10-12H,3-9H2,1-2H3. The van der Waals surface area contributed by atoms with E-state index in [1.165, 1.54) is 18.6 Å². The van der Waals surface area contributed by atoms with Gasteiger partial charge in [0.25, 0.3) is 0 Å². The Morgan fingerprint density at radius 3 is 2.54 bits per heavy atom. The molecule has 0 bridgehead atoms. The van der Waals surface area contributed by atoms with Crippen LogP contribution in [0.4, 0.5) is 0 Å². The molecule has 0 aliphatic carbocycles. The van der Waals surface area contributed by atoms with Crippen LogP contribution in [0.1, 0.15) is 32.6 Å².